The van der Waals surface area contributed by atoms with E-state index in [1.165, 1.54) is 0 Å². The number of nitrogens with one attached hydrogen (secondary N) is 2. The highest BCUT2D eigenvalue weighted by Crippen LogP contribution is 2.30. The summed E-state index contributed by atoms with van der Waals surface area (Å²) >= 11 is 0. The highest BCUT2D eigenvalue weighted by molar-refractivity contribution is 5.97. The number of H-pyrrole nitrogens is 1. The zero-order valence-corrected chi connectivity index (χ0v) is 14.5. The Bertz CT molecular complexity index is 690. The van der Waals surface area contributed by atoms with Crippen LogP contribution in [-0.4, -0.2) is 51.2 Å². The fourth-order valence-corrected chi connectivity index (χ4v) is 3.60. The first-order chi connectivity index (χ1) is 10.2. The third-order valence-corrected chi connectivity index (χ3v) is 4.74. The number of hydrogen-bond acceptors (Lipinski definition) is 4. The smallest absolute Gasteiger partial charge is 0.255 e. The molecule has 2 aromatic rings. The molecular formula is C15H21Cl2N5O. The highest BCUT2D eigenvalue weighted by atomic mass is 35.5. The van der Waals surface area contributed by atoms with Crippen LogP contribution >= 0.6 is 24.8 Å². The Kier molecular flexibility index (Phi) is 5.49. The van der Waals surface area contributed by atoms with Gasteiger partial charge in [0.05, 0.1) is 5.56 Å². The summed E-state index contributed by atoms with van der Waals surface area (Å²) in [7, 11) is 0. The molecule has 0 aliphatic carbocycles. The Morgan fingerprint density at radius 1 is 1.26 bits per heavy atom. The van der Waals surface area contributed by atoms with E-state index in [1.807, 2.05) is 13.0 Å². The van der Waals surface area contributed by atoms with E-state index in [2.05, 4.69) is 25.4 Å². The van der Waals surface area contributed by atoms with E-state index in [9.17, 15) is 4.79 Å². The molecule has 23 heavy (non-hydrogen) atoms. The molecule has 0 spiro atoms. The van der Waals surface area contributed by atoms with Crippen molar-refractivity contribution in [3.63, 3.8) is 0 Å². The minimum absolute atomic E-state index is 0. The van der Waals surface area contributed by atoms with Crippen molar-refractivity contribution in [1.82, 2.24) is 25.4 Å². The summed E-state index contributed by atoms with van der Waals surface area (Å²) in [4.78, 5) is 19.3. The van der Waals surface area contributed by atoms with Crippen LogP contribution in [0.25, 0.3) is 11.0 Å². The van der Waals surface area contributed by atoms with Crippen LogP contribution < -0.4 is 5.32 Å². The van der Waals surface area contributed by atoms with Crippen LogP contribution in [0.3, 0.4) is 0 Å². The first kappa shape index (κ1) is 18.0. The van der Waals surface area contributed by atoms with E-state index in [4.69, 9.17) is 0 Å². The zero-order valence-electron chi connectivity index (χ0n) is 12.9. The highest BCUT2D eigenvalue weighted by Gasteiger charge is 2.38. The average Bonchev–Trinajstić information content (AvgIpc) is 2.97. The predicted molar refractivity (Wildman–Crippen MR) is 93.6 cm³/mol. The summed E-state index contributed by atoms with van der Waals surface area (Å²) < 4.78 is 0. The lowest BCUT2D eigenvalue weighted by molar-refractivity contribution is 0.0680. The number of aryl methyl sites for hydroxylation is 1. The second kappa shape index (κ2) is 7.03. The van der Waals surface area contributed by atoms with Gasteiger partial charge in [-0.15, -0.1) is 24.8 Å². The first-order valence-corrected chi connectivity index (χ1v) is 7.58. The van der Waals surface area contributed by atoms with Gasteiger partial charge in [0, 0.05) is 35.9 Å². The van der Waals surface area contributed by atoms with Gasteiger partial charge in [-0.2, -0.15) is 5.10 Å². The number of carbonyl (C=O) groups excluding carboxylic acids is 1. The fourth-order valence-electron chi connectivity index (χ4n) is 3.60. The molecule has 8 heteroatoms. The Balaban J connectivity index is 0.000000960. The van der Waals surface area contributed by atoms with Gasteiger partial charge in [-0.3, -0.25) is 9.89 Å². The Morgan fingerprint density at radius 3 is 2.87 bits per heavy atom. The lowest BCUT2D eigenvalue weighted by Gasteiger charge is -2.27. The molecule has 2 aromatic heterocycles. The largest absolute Gasteiger partial charge is 0.331 e. The van der Waals surface area contributed by atoms with E-state index in [-0.39, 0.29) is 30.7 Å². The van der Waals surface area contributed by atoms with Crippen molar-refractivity contribution in [2.45, 2.75) is 38.3 Å². The number of hydrogen-bond donors (Lipinski definition) is 2. The maximum absolute atomic E-state index is 12.9. The summed E-state index contributed by atoms with van der Waals surface area (Å²) in [5.41, 5.74) is 2.29. The number of fused-ring (bicyclic) bond motifs is 3. The molecule has 4 rings (SSSR count). The summed E-state index contributed by atoms with van der Waals surface area (Å²) in [5, 5.41) is 11.4. The third kappa shape index (κ3) is 3.03. The standard InChI is InChI=1S/C15H19N5O.2ClH/c1-9-13-6-10(7-17-14(13)19-18-9)15(21)20-11-2-3-12(20)8-16-5-4-11;;/h6-7,11-12,16H,2-5,8H2,1H3,(H,17,18,19);2*1H. The molecule has 2 unspecified atom stereocenters. The van der Waals surface area contributed by atoms with Gasteiger partial charge in [-0.1, -0.05) is 0 Å². The van der Waals surface area contributed by atoms with Crippen molar-refractivity contribution in [2.75, 3.05) is 13.1 Å². The minimum atomic E-state index is 0. The van der Waals surface area contributed by atoms with Crippen LogP contribution in [0.2, 0.25) is 0 Å². The fraction of sp³-hybridized carbons (Fsp3) is 0.533. The number of rotatable bonds is 1. The maximum Gasteiger partial charge on any atom is 0.255 e. The van der Waals surface area contributed by atoms with E-state index in [0.717, 1.165) is 43.4 Å². The van der Waals surface area contributed by atoms with Gasteiger partial charge in [0.25, 0.3) is 5.91 Å². The number of halogens is 2. The molecule has 2 atom stereocenters. The zero-order chi connectivity index (χ0) is 14.4. The van der Waals surface area contributed by atoms with E-state index in [1.54, 1.807) is 6.20 Å². The van der Waals surface area contributed by atoms with E-state index < -0.39 is 0 Å². The molecule has 0 saturated carbocycles. The van der Waals surface area contributed by atoms with Crippen LogP contribution in [0.4, 0.5) is 0 Å². The molecule has 1 amide bonds. The van der Waals surface area contributed by atoms with Crippen LogP contribution in [-0.2, 0) is 0 Å². The molecule has 2 N–H and O–H groups in total. The number of carbonyl (C=O) groups is 1. The molecule has 2 bridgehead atoms. The van der Waals surface area contributed by atoms with Crippen LogP contribution in [0.1, 0.15) is 35.3 Å². The van der Waals surface area contributed by atoms with Crippen molar-refractivity contribution in [1.29, 1.82) is 0 Å². The van der Waals surface area contributed by atoms with Crippen LogP contribution in [0.15, 0.2) is 12.3 Å². The van der Waals surface area contributed by atoms with Gasteiger partial charge in [0.1, 0.15) is 0 Å². The molecule has 2 aliphatic heterocycles. The van der Waals surface area contributed by atoms with E-state index in [0.29, 0.717) is 23.3 Å². The molecule has 126 valence electrons. The molecule has 6 nitrogen and oxygen atoms in total. The van der Waals surface area contributed by atoms with Crippen molar-refractivity contribution >= 4 is 41.8 Å². The van der Waals surface area contributed by atoms with Gasteiger partial charge >= 0.3 is 0 Å². The Morgan fingerprint density at radius 2 is 2.04 bits per heavy atom. The van der Waals surface area contributed by atoms with Gasteiger partial charge in [0.15, 0.2) is 5.65 Å². The van der Waals surface area contributed by atoms with Gasteiger partial charge < -0.3 is 10.2 Å². The normalized spacial score (nSPS) is 23.1. The maximum atomic E-state index is 12.9. The second-order valence-electron chi connectivity index (χ2n) is 6.03. The van der Waals surface area contributed by atoms with Gasteiger partial charge in [-0.05, 0) is 38.8 Å². The first-order valence-electron chi connectivity index (χ1n) is 7.58. The molecule has 2 fully saturated rings. The lowest BCUT2D eigenvalue weighted by Crippen LogP contribution is -2.42. The monoisotopic (exact) mass is 357 g/mol. The van der Waals surface area contributed by atoms with Crippen molar-refractivity contribution in [3.8, 4) is 0 Å². The molecular weight excluding hydrogens is 337 g/mol. The second-order valence-corrected chi connectivity index (χ2v) is 6.03. The molecule has 2 aliphatic rings. The molecule has 2 saturated heterocycles. The summed E-state index contributed by atoms with van der Waals surface area (Å²) in [6.45, 7) is 3.86. The van der Waals surface area contributed by atoms with Gasteiger partial charge in [0.2, 0.25) is 0 Å². The van der Waals surface area contributed by atoms with Crippen molar-refractivity contribution in [3.05, 3.63) is 23.5 Å². The SMILES string of the molecule is Cc1[nH]nc2ncc(C(=O)N3C4CCNCC3CC4)cc12.Cl.Cl. The Hall–Kier alpha value is -1.37. The topological polar surface area (TPSA) is 73.9 Å². The number of amides is 1. The summed E-state index contributed by atoms with van der Waals surface area (Å²) in [6, 6.07) is 2.62. The number of pyridine rings is 1. The van der Waals surface area contributed by atoms with Crippen LogP contribution in [0.5, 0.6) is 0 Å². The summed E-state index contributed by atoms with van der Waals surface area (Å²) in [5.74, 6) is 0.112. The average molecular weight is 358 g/mol. The molecule has 4 heterocycles. The Labute approximate surface area is 147 Å². The molecule has 0 radical (unpaired) electrons. The minimum Gasteiger partial charge on any atom is -0.331 e. The van der Waals surface area contributed by atoms with Crippen LogP contribution in [0, 0.1) is 6.92 Å². The van der Waals surface area contributed by atoms with Gasteiger partial charge in [-0.25, -0.2) is 4.98 Å². The number of aromatic amines is 1. The summed E-state index contributed by atoms with van der Waals surface area (Å²) in [6.07, 6.45) is 4.92. The predicted octanol–water partition coefficient (Wildman–Crippen LogP) is 2.08. The van der Waals surface area contributed by atoms with Crippen molar-refractivity contribution < 1.29 is 4.79 Å². The van der Waals surface area contributed by atoms with Crippen molar-refractivity contribution in [2.24, 2.45) is 0 Å². The lowest BCUT2D eigenvalue weighted by atomic mass is 10.1. The molecule has 0 aromatic carbocycles. The number of aromatic nitrogens is 3. The van der Waals surface area contributed by atoms with E-state index >= 15 is 0 Å². The quantitative estimate of drug-likeness (QED) is 0.819. The third-order valence-electron chi connectivity index (χ3n) is 4.74. The number of nitrogens with zero attached hydrogens (tertiary/aromatic N) is 3.